The monoisotopic (exact) mass is 327 g/mol. The van der Waals surface area contributed by atoms with Crippen LogP contribution in [0.3, 0.4) is 0 Å². The highest BCUT2D eigenvalue weighted by Gasteiger charge is 2.23. The Labute approximate surface area is 128 Å². The fourth-order valence-corrected chi connectivity index (χ4v) is 4.41. The van der Waals surface area contributed by atoms with Crippen LogP contribution in [0.25, 0.3) is 0 Å². The largest absolute Gasteiger partial charge is 0.497 e. The number of benzene rings is 1. The fraction of sp³-hybridized carbons (Fsp3) is 0.286. The predicted molar refractivity (Wildman–Crippen MR) is 81.9 cm³/mol. The van der Waals surface area contributed by atoms with Gasteiger partial charge in [0.2, 0.25) is 0 Å². The van der Waals surface area contributed by atoms with Crippen LogP contribution in [0.2, 0.25) is 0 Å². The van der Waals surface area contributed by atoms with Gasteiger partial charge in [0.05, 0.1) is 13.7 Å². The minimum atomic E-state index is -3.55. The highest BCUT2D eigenvalue weighted by molar-refractivity contribution is 7.91. The molecule has 0 aliphatic carbocycles. The summed E-state index contributed by atoms with van der Waals surface area (Å²) in [5.74, 6) is 0.692. The third kappa shape index (κ3) is 3.62. The van der Waals surface area contributed by atoms with Crippen LogP contribution in [0.5, 0.6) is 5.75 Å². The number of sulfonamides is 1. The average molecular weight is 327 g/mol. The molecular weight excluding hydrogens is 310 g/mol. The second kappa shape index (κ2) is 6.57. The van der Waals surface area contributed by atoms with E-state index in [4.69, 9.17) is 9.84 Å². The lowest BCUT2D eigenvalue weighted by Gasteiger charge is -2.16. The number of rotatable bonds is 6. The van der Waals surface area contributed by atoms with Gasteiger partial charge in [-0.1, -0.05) is 12.1 Å². The van der Waals surface area contributed by atoms with Crippen molar-refractivity contribution >= 4 is 21.4 Å². The first-order valence-corrected chi connectivity index (χ1v) is 8.57. The van der Waals surface area contributed by atoms with E-state index in [1.807, 2.05) is 18.2 Å². The van der Waals surface area contributed by atoms with Crippen molar-refractivity contribution in [2.75, 3.05) is 14.2 Å². The lowest BCUT2D eigenvalue weighted by molar-refractivity contribution is 0.282. The zero-order chi connectivity index (χ0) is 15.5. The van der Waals surface area contributed by atoms with Crippen molar-refractivity contribution in [1.82, 2.24) is 4.31 Å². The van der Waals surface area contributed by atoms with Gasteiger partial charge in [-0.2, -0.15) is 4.31 Å². The molecule has 1 N–H and O–H groups in total. The van der Waals surface area contributed by atoms with Gasteiger partial charge in [-0.3, -0.25) is 0 Å². The third-order valence-corrected chi connectivity index (χ3v) is 6.28. The highest BCUT2D eigenvalue weighted by Crippen LogP contribution is 2.25. The molecule has 0 saturated heterocycles. The van der Waals surface area contributed by atoms with Gasteiger partial charge in [0, 0.05) is 13.6 Å². The molecule has 1 aromatic heterocycles. The van der Waals surface area contributed by atoms with E-state index in [0.717, 1.165) is 16.9 Å². The minimum absolute atomic E-state index is 0.161. The molecule has 0 spiro atoms. The van der Waals surface area contributed by atoms with Gasteiger partial charge in [0.1, 0.15) is 9.96 Å². The second-order valence-electron chi connectivity index (χ2n) is 4.54. The van der Waals surface area contributed by atoms with Crippen LogP contribution in [0, 0.1) is 0 Å². The number of ether oxygens (including phenoxy) is 1. The Morgan fingerprint density at radius 2 is 2.05 bits per heavy atom. The van der Waals surface area contributed by atoms with Gasteiger partial charge in [-0.05, 0) is 34.7 Å². The van der Waals surface area contributed by atoms with Crippen LogP contribution in [-0.4, -0.2) is 32.0 Å². The Balaban J connectivity index is 2.19. The number of hydrogen-bond donors (Lipinski definition) is 1. The van der Waals surface area contributed by atoms with E-state index in [0.29, 0.717) is 11.3 Å². The molecule has 0 bridgehead atoms. The number of nitrogens with zero attached hydrogens (tertiary/aromatic N) is 1. The highest BCUT2D eigenvalue weighted by atomic mass is 32.2. The minimum Gasteiger partial charge on any atom is -0.497 e. The molecule has 2 aromatic rings. The molecule has 1 heterocycles. The molecule has 0 atom stereocenters. The van der Waals surface area contributed by atoms with Crippen molar-refractivity contribution in [2.24, 2.45) is 0 Å². The van der Waals surface area contributed by atoms with Crippen LogP contribution < -0.4 is 4.74 Å². The molecule has 0 unspecified atom stereocenters. The first-order chi connectivity index (χ1) is 9.97. The molecule has 1 aromatic carbocycles. The standard InChI is InChI=1S/C14H17NO4S2/c1-15(8-11-4-3-5-13(6-11)19-2)21(17,18)14-7-12(9-16)10-20-14/h3-7,10,16H,8-9H2,1-2H3. The maximum absolute atomic E-state index is 12.4. The molecule has 2 rings (SSSR count). The van der Waals surface area contributed by atoms with E-state index in [2.05, 4.69) is 0 Å². The molecule has 21 heavy (non-hydrogen) atoms. The Morgan fingerprint density at radius 3 is 2.67 bits per heavy atom. The summed E-state index contributed by atoms with van der Waals surface area (Å²) in [5, 5.41) is 10.7. The normalized spacial score (nSPS) is 11.8. The summed E-state index contributed by atoms with van der Waals surface area (Å²) in [7, 11) is -0.440. The van der Waals surface area contributed by atoms with Gasteiger partial charge < -0.3 is 9.84 Å². The van der Waals surface area contributed by atoms with Gasteiger partial charge >= 0.3 is 0 Å². The summed E-state index contributed by atoms with van der Waals surface area (Å²) in [4.78, 5) is 0. The quantitative estimate of drug-likeness (QED) is 0.882. The first kappa shape index (κ1) is 16.0. The first-order valence-electron chi connectivity index (χ1n) is 6.25. The van der Waals surface area contributed by atoms with Crippen molar-refractivity contribution in [3.8, 4) is 5.75 Å². The molecule has 0 amide bonds. The maximum Gasteiger partial charge on any atom is 0.252 e. The lowest BCUT2D eigenvalue weighted by Crippen LogP contribution is -2.25. The molecule has 0 fully saturated rings. The predicted octanol–water partition coefficient (Wildman–Crippen LogP) is 2.07. The molecule has 0 saturated carbocycles. The molecule has 0 aliphatic heterocycles. The molecule has 0 radical (unpaired) electrons. The van der Waals surface area contributed by atoms with Gasteiger partial charge in [0.15, 0.2) is 0 Å². The van der Waals surface area contributed by atoms with Gasteiger partial charge in [-0.25, -0.2) is 8.42 Å². The van der Waals surface area contributed by atoms with E-state index in [-0.39, 0.29) is 17.4 Å². The van der Waals surface area contributed by atoms with Crippen molar-refractivity contribution in [3.63, 3.8) is 0 Å². The number of aliphatic hydroxyl groups excluding tert-OH is 1. The molecule has 114 valence electrons. The number of hydrogen-bond acceptors (Lipinski definition) is 5. The summed E-state index contributed by atoms with van der Waals surface area (Å²) < 4.78 is 31.5. The Bertz CT molecular complexity index is 709. The average Bonchev–Trinajstić information content (AvgIpc) is 2.97. The molecule has 0 aliphatic rings. The Morgan fingerprint density at radius 1 is 1.29 bits per heavy atom. The molecular formula is C14H17NO4S2. The fourth-order valence-electron chi connectivity index (χ4n) is 1.84. The zero-order valence-electron chi connectivity index (χ0n) is 11.8. The van der Waals surface area contributed by atoms with Crippen molar-refractivity contribution < 1.29 is 18.3 Å². The summed E-state index contributed by atoms with van der Waals surface area (Å²) >= 11 is 1.11. The maximum atomic E-state index is 12.4. The Hall–Kier alpha value is -1.41. The van der Waals surface area contributed by atoms with Gasteiger partial charge in [-0.15, -0.1) is 11.3 Å². The topological polar surface area (TPSA) is 66.8 Å². The number of thiophene rings is 1. The van der Waals surface area contributed by atoms with Crippen molar-refractivity contribution in [1.29, 1.82) is 0 Å². The summed E-state index contributed by atoms with van der Waals surface area (Å²) in [6, 6.07) is 8.79. The van der Waals surface area contributed by atoms with E-state index in [1.165, 1.54) is 17.4 Å². The summed E-state index contributed by atoms with van der Waals surface area (Å²) in [6.07, 6.45) is 0. The zero-order valence-corrected chi connectivity index (χ0v) is 13.4. The second-order valence-corrected chi connectivity index (χ2v) is 7.73. The van der Waals surface area contributed by atoms with Gasteiger partial charge in [0.25, 0.3) is 10.0 Å². The van der Waals surface area contributed by atoms with Crippen LogP contribution >= 0.6 is 11.3 Å². The van der Waals surface area contributed by atoms with E-state index in [9.17, 15) is 8.42 Å². The summed E-state index contributed by atoms with van der Waals surface area (Å²) in [5.41, 5.74) is 1.45. The van der Waals surface area contributed by atoms with Crippen LogP contribution in [-0.2, 0) is 23.2 Å². The van der Waals surface area contributed by atoms with Crippen LogP contribution in [0.1, 0.15) is 11.1 Å². The SMILES string of the molecule is COc1cccc(CN(C)S(=O)(=O)c2cc(CO)cs2)c1. The van der Waals surface area contributed by atoms with Crippen molar-refractivity contribution in [2.45, 2.75) is 17.4 Å². The van der Waals surface area contributed by atoms with Crippen LogP contribution in [0.15, 0.2) is 39.9 Å². The molecule has 5 nitrogen and oxygen atoms in total. The lowest BCUT2D eigenvalue weighted by atomic mass is 10.2. The smallest absolute Gasteiger partial charge is 0.252 e. The van der Waals surface area contributed by atoms with E-state index < -0.39 is 10.0 Å². The number of aliphatic hydroxyl groups is 1. The third-order valence-electron chi connectivity index (χ3n) is 3.02. The van der Waals surface area contributed by atoms with Crippen molar-refractivity contribution in [3.05, 3.63) is 46.8 Å². The number of methoxy groups -OCH3 is 1. The van der Waals surface area contributed by atoms with E-state index >= 15 is 0 Å². The van der Waals surface area contributed by atoms with Crippen LogP contribution in [0.4, 0.5) is 0 Å². The van der Waals surface area contributed by atoms with E-state index in [1.54, 1.807) is 18.6 Å². The Kier molecular flexibility index (Phi) is 5.00. The molecule has 7 heteroatoms. The summed E-state index contributed by atoms with van der Waals surface area (Å²) in [6.45, 7) is 0.0948.